The number of halogens is 1. The van der Waals surface area contributed by atoms with E-state index in [1.54, 1.807) is 36.5 Å². The third-order valence-electron chi connectivity index (χ3n) is 2.85. The number of aromatic nitrogens is 2. The monoisotopic (exact) mass is 283 g/mol. The van der Waals surface area contributed by atoms with Crippen LogP contribution in [0.5, 0.6) is 0 Å². The first-order valence-corrected chi connectivity index (χ1v) is 6.38. The Labute approximate surface area is 120 Å². The van der Waals surface area contributed by atoms with E-state index >= 15 is 0 Å². The number of hydrogen-bond acceptors (Lipinski definition) is 3. The summed E-state index contributed by atoms with van der Waals surface area (Å²) in [6.07, 6.45) is 3.01. The lowest BCUT2D eigenvalue weighted by Crippen LogP contribution is -2.16. The second-order valence-electron chi connectivity index (χ2n) is 4.21. The van der Waals surface area contributed by atoms with Crippen LogP contribution in [0.3, 0.4) is 0 Å². The summed E-state index contributed by atoms with van der Waals surface area (Å²) in [5.41, 5.74) is 1.32. The summed E-state index contributed by atoms with van der Waals surface area (Å²) < 4.78 is 1.22. The minimum Gasteiger partial charge on any atom is -0.267 e. The summed E-state index contributed by atoms with van der Waals surface area (Å²) in [4.78, 5) is 16.4. The van der Waals surface area contributed by atoms with Gasteiger partial charge in [-0.25, -0.2) is 4.98 Å². The number of nitrogens with zero attached hydrogens (tertiary/aromatic N) is 3. The summed E-state index contributed by atoms with van der Waals surface area (Å²) in [7, 11) is 0. The van der Waals surface area contributed by atoms with Crippen molar-refractivity contribution in [3.63, 3.8) is 0 Å². The van der Waals surface area contributed by atoms with Crippen LogP contribution in [-0.2, 0) is 0 Å². The maximum Gasteiger partial charge on any atom is 0.281 e. The van der Waals surface area contributed by atoms with Gasteiger partial charge in [0.1, 0.15) is 6.33 Å². The Morgan fingerprint density at radius 1 is 1.10 bits per heavy atom. The van der Waals surface area contributed by atoms with Crippen molar-refractivity contribution >= 4 is 28.7 Å². The molecule has 0 aliphatic rings. The number of benzene rings is 2. The first-order valence-electron chi connectivity index (χ1n) is 6.00. The smallest absolute Gasteiger partial charge is 0.267 e. The highest BCUT2D eigenvalue weighted by atomic mass is 35.5. The van der Waals surface area contributed by atoms with Crippen LogP contribution in [0.1, 0.15) is 5.56 Å². The predicted octanol–water partition coefficient (Wildman–Crippen LogP) is 2.93. The minimum absolute atomic E-state index is 0.194. The zero-order valence-corrected chi connectivity index (χ0v) is 11.2. The number of rotatable bonds is 2. The Hall–Kier alpha value is -2.46. The fourth-order valence-electron chi connectivity index (χ4n) is 1.82. The van der Waals surface area contributed by atoms with Gasteiger partial charge in [0, 0.05) is 5.02 Å². The molecule has 0 N–H and O–H groups in total. The van der Waals surface area contributed by atoms with Gasteiger partial charge < -0.3 is 0 Å². The highest BCUT2D eigenvalue weighted by Gasteiger charge is 2.01. The average Bonchev–Trinajstić information content (AvgIpc) is 2.49. The molecule has 1 heterocycles. The Morgan fingerprint density at radius 3 is 2.65 bits per heavy atom. The number of hydrogen-bond donors (Lipinski definition) is 0. The van der Waals surface area contributed by atoms with E-state index in [4.69, 9.17) is 11.6 Å². The van der Waals surface area contributed by atoms with Gasteiger partial charge in [0.25, 0.3) is 5.56 Å². The van der Waals surface area contributed by atoms with Crippen molar-refractivity contribution in [1.82, 2.24) is 9.66 Å². The van der Waals surface area contributed by atoms with Crippen LogP contribution in [-0.4, -0.2) is 15.9 Å². The van der Waals surface area contributed by atoms with Crippen molar-refractivity contribution in [2.24, 2.45) is 5.10 Å². The van der Waals surface area contributed by atoms with Crippen molar-refractivity contribution < 1.29 is 0 Å². The maximum atomic E-state index is 12.2. The van der Waals surface area contributed by atoms with Gasteiger partial charge in [0.2, 0.25) is 0 Å². The summed E-state index contributed by atoms with van der Waals surface area (Å²) in [6.45, 7) is 0. The highest BCUT2D eigenvalue weighted by molar-refractivity contribution is 6.30. The molecule has 1 aromatic heterocycles. The molecule has 0 saturated carbocycles. The van der Waals surface area contributed by atoms with Crippen molar-refractivity contribution in [3.05, 3.63) is 75.8 Å². The third kappa shape index (κ3) is 2.46. The van der Waals surface area contributed by atoms with Gasteiger partial charge in [0.05, 0.1) is 17.1 Å². The van der Waals surface area contributed by atoms with E-state index < -0.39 is 0 Å². The van der Waals surface area contributed by atoms with E-state index in [1.807, 2.05) is 18.2 Å². The van der Waals surface area contributed by atoms with Gasteiger partial charge in [-0.1, -0.05) is 35.9 Å². The second-order valence-corrected chi connectivity index (χ2v) is 4.64. The first-order chi connectivity index (χ1) is 9.74. The highest BCUT2D eigenvalue weighted by Crippen LogP contribution is 2.08. The van der Waals surface area contributed by atoms with E-state index in [0.717, 1.165) is 5.56 Å². The van der Waals surface area contributed by atoms with Gasteiger partial charge in [-0.05, 0) is 29.8 Å². The van der Waals surface area contributed by atoms with Crippen molar-refractivity contribution in [2.45, 2.75) is 0 Å². The molecule has 3 rings (SSSR count). The number of para-hydroxylation sites is 1. The van der Waals surface area contributed by atoms with Gasteiger partial charge in [-0.15, -0.1) is 0 Å². The van der Waals surface area contributed by atoms with Crippen LogP contribution < -0.4 is 5.56 Å². The largest absolute Gasteiger partial charge is 0.281 e. The summed E-state index contributed by atoms with van der Waals surface area (Å²) in [6, 6.07) is 14.4. The van der Waals surface area contributed by atoms with Crippen LogP contribution >= 0.6 is 11.6 Å². The molecule has 0 unspecified atom stereocenters. The third-order valence-corrected chi connectivity index (χ3v) is 3.10. The van der Waals surface area contributed by atoms with Crippen molar-refractivity contribution in [3.8, 4) is 0 Å². The van der Waals surface area contributed by atoms with Crippen LogP contribution in [0.25, 0.3) is 10.9 Å². The first kappa shape index (κ1) is 12.6. The Balaban J connectivity index is 2.01. The molecule has 5 heteroatoms. The zero-order chi connectivity index (χ0) is 13.9. The molecular weight excluding hydrogens is 274 g/mol. The molecule has 0 radical (unpaired) electrons. The fraction of sp³-hybridized carbons (Fsp3) is 0. The van der Waals surface area contributed by atoms with E-state index in [-0.39, 0.29) is 5.56 Å². The van der Waals surface area contributed by atoms with Gasteiger partial charge in [0.15, 0.2) is 0 Å². The summed E-state index contributed by atoms with van der Waals surface area (Å²) in [5, 5.41) is 5.33. The normalized spacial score (nSPS) is 11.2. The molecule has 0 saturated heterocycles. The Bertz CT molecular complexity index is 838. The fourth-order valence-corrected chi connectivity index (χ4v) is 1.95. The second kappa shape index (κ2) is 5.27. The molecular formula is C15H10ClN3O. The van der Waals surface area contributed by atoms with E-state index in [0.29, 0.717) is 15.9 Å². The van der Waals surface area contributed by atoms with E-state index in [1.165, 1.54) is 11.0 Å². The molecule has 2 aromatic carbocycles. The lowest BCUT2D eigenvalue weighted by molar-refractivity contribution is 0.817. The van der Waals surface area contributed by atoms with Crippen LogP contribution in [0.15, 0.2) is 64.8 Å². The zero-order valence-electron chi connectivity index (χ0n) is 10.4. The van der Waals surface area contributed by atoms with Crippen LogP contribution in [0.4, 0.5) is 0 Å². The summed E-state index contributed by atoms with van der Waals surface area (Å²) >= 11 is 5.81. The van der Waals surface area contributed by atoms with Crippen LogP contribution in [0, 0.1) is 0 Å². The quantitative estimate of drug-likeness (QED) is 0.679. The molecule has 0 aliphatic heterocycles. The molecule has 98 valence electrons. The molecule has 20 heavy (non-hydrogen) atoms. The maximum absolute atomic E-state index is 12.2. The molecule has 0 amide bonds. The average molecular weight is 284 g/mol. The molecule has 3 aromatic rings. The summed E-state index contributed by atoms with van der Waals surface area (Å²) in [5.74, 6) is 0. The molecule has 0 aliphatic carbocycles. The predicted molar refractivity (Wildman–Crippen MR) is 80.4 cm³/mol. The topological polar surface area (TPSA) is 47.2 Å². The SMILES string of the molecule is O=c1c2ccccc2ncn1N=Cc1ccc(Cl)cc1. The lowest BCUT2D eigenvalue weighted by Gasteiger charge is -2.00. The minimum atomic E-state index is -0.194. The molecule has 4 nitrogen and oxygen atoms in total. The van der Waals surface area contributed by atoms with E-state index in [2.05, 4.69) is 10.1 Å². The van der Waals surface area contributed by atoms with Gasteiger partial charge in [-0.2, -0.15) is 9.78 Å². The Kier molecular flexibility index (Phi) is 3.31. The molecule has 0 spiro atoms. The van der Waals surface area contributed by atoms with Gasteiger partial charge >= 0.3 is 0 Å². The van der Waals surface area contributed by atoms with E-state index in [9.17, 15) is 4.79 Å². The molecule has 0 fully saturated rings. The Morgan fingerprint density at radius 2 is 1.85 bits per heavy atom. The van der Waals surface area contributed by atoms with Crippen LogP contribution in [0.2, 0.25) is 5.02 Å². The molecule has 0 bridgehead atoms. The lowest BCUT2D eigenvalue weighted by atomic mass is 10.2. The number of fused-ring (bicyclic) bond motifs is 1. The van der Waals surface area contributed by atoms with Crippen molar-refractivity contribution in [1.29, 1.82) is 0 Å². The standard InChI is InChI=1S/C15H10ClN3O/c16-12-7-5-11(6-8-12)9-18-19-10-17-14-4-2-1-3-13(14)15(19)20/h1-10H. The molecule has 0 atom stereocenters. The van der Waals surface area contributed by atoms with Gasteiger partial charge in [-0.3, -0.25) is 4.79 Å². The van der Waals surface area contributed by atoms with Crippen molar-refractivity contribution in [2.75, 3.05) is 0 Å².